The monoisotopic (exact) mass is 654 g/mol. The Balaban J connectivity index is 1.04. The van der Waals surface area contributed by atoms with Gasteiger partial charge in [0.25, 0.3) is 0 Å². The highest BCUT2D eigenvalue weighted by molar-refractivity contribution is 5.83. The van der Waals surface area contributed by atoms with Crippen molar-refractivity contribution in [2.24, 2.45) is 0 Å². The molecule has 0 amide bonds. The lowest BCUT2D eigenvalue weighted by molar-refractivity contribution is 1.08. The molecule has 51 heavy (non-hydrogen) atoms. The van der Waals surface area contributed by atoms with Gasteiger partial charge in [-0.3, -0.25) is 14.5 Å². The lowest BCUT2D eigenvalue weighted by atomic mass is 10.0. The molecule has 5 aromatic carbocycles. The van der Waals surface area contributed by atoms with E-state index in [1.54, 1.807) is 6.20 Å². The normalized spacial score (nSPS) is 11.1. The maximum absolute atomic E-state index is 5.00. The number of para-hydroxylation sites is 2. The van der Waals surface area contributed by atoms with Crippen molar-refractivity contribution in [1.82, 2.24) is 29.5 Å². The molecule has 9 rings (SSSR count). The van der Waals surface area contributed by atoms with Crippen LogP contribution in [0.2, 0.25) is 0 Å². The highest BCUT2D eigenvalue weighted by atomic mass is 15.1. The molecule has 0 aliphatic heterocycles. The minimum atomic E-state index is 0.673. The zero-order valence-corrected chi connectivity index (χ0v) is 27.5. The zero-order valence-electron chi connectivity index (χ0n) is 27.5. The third kappa shape index (κ3) is 5.96. The molecule has 0 N–H and O–H groups in total. The summed E-state index contributed by atoms with van der Waals surface area (Å²) >= 11 is 0. The summed E-state index contributed by atoms with van der Waals surface area (Å²) in [6.45, 7) is 0. The standard InChI is InChI=1S/C45H30N6/c1-3-10-31(11-4-1)32-17-19-34(20-18-32)41-28-42(49-44(48-41)35-12-5-2-6-13-35)37-25-26-39(47-29-37)33-21-23-36(24-22-33)45-50-40-15-7-8-16-43(40)51(45)38-14-9-27-46-30-38/h1-30H. The lowest BCUT2D eigenvalue weighted by Crippen LogP contribution is -1.98. The minimum Gasteiger partial charge on any atom is -0.291 e. The maximum Gasteiger partial charge on any atom is 0.160 e. The van der Waals surface area contributed by atoms with Crippen LogP contribution in [0.4, 0.5) is 0 Å². The van der Waals surface area contributed by atoms with E-state index in [0.29, 0.717) is 5.82 Å². The Labute approximate surface area is 295 Å². The Morgan fingerprint density at radius 2 is 0.980 bits per heavy atom. The first-order chi connectivity index (χ1) is 25.3. The zero-order chi connectivity index (χ0) is 34.0. The molecule has 0 saturated heterocycles. The molecular weight excluding hydrogens is 625 g/mol. The lowest BCUT2D eigenvalue weighted by Gasteiger charge is -2.11. The van der Waals surface area contributed by atoms with Crippen LogP contribution in [0.3, 0.4) is 0 Å². The predicted octanol–water partition coefficient (Wildman–Crippen LogP) is 10.6. The van der Waals surface area contributed by atoms with Gasteiger partial charge in [-0.25, -0.2) is 15.0 Å². The number of fused-ring (bicyclic) bond motifs is 1. The summed E-state index contributed by atoms with van der Waals surface area (Å²) in [7, 11) is 0. The van der Waals surface area contributed by atoms with E-state index in [9.17, 15) is 0 Å². The quantitative estimate of drug-likeness (QED) is 0.171. The van der Waals surface area contributed by atoms with Crippen LogP contribution in [-0.4, -0.2) is 29.5 Å². The molecule has 0 radical (unpaired) electrons. The molecule has 6 nitrogen and oxygen atoms in total. The van der Waals surface area contributed by atoms with Gasteiger partial charge in [-0.1, -0.05) is 121 Å². The van der Waals surface area contributed by atoms with Crippen molar-refractivity contribution in [3.05, 3.63) is 182 Å². The van der Waals surface area contributed by atoms with Gasteiger partial charge in [0.2, 0.25) is 0 Å². The van der Waals surface area contributed by atoms with Crippen molar-refractivity contribution in [3.63, 3.8) is 0 Å². The van der Waals surface area contributed by atoms with E-state index >= 15 is 0 Å². The van der Waals surface area contributed by atoms with E-state index < -0.39 is 0 Å². The van der Waals surface area contributed by atoms with E-state index in [4.69, 9.17) is 19.9 Å². The van der Waals surface area contributed by atoms with Crippen LogP contribution in [0.15, 0.2) is 182 Å². The molecule has 6 heteroatoms. The van der Waals surface area contributed by atoms with Crippen molar-refractivity contribution in [2.75, 3.05) is 0 Å². The third-order valence-electron chi connectivity index (χ3n) is 9.01. The van der Waals surface area contributed by atoms with Crippen molar-refractivity contribution < 1.29 is 0 Å². The number of imidazole rings is 1. The summed E-state index contributed by atoms with van der Waals surface area (Å²) in [5, 5.41) is 0. The fourth-order valence-electron chi connectivity index (χ4n) is 6.40. The first-order valence-corrected chi connectivity index (χ1v) is 16.8. The first kappa shape index (κ1) is 30.0. The van der Waals surface area contributed by atoms with Gasteiger partial charge < -0.3 is 0 Å². The summed E-state index contributed by atoms with van der Waals surface area (Å²) in [5.74, 6) is 1.54. The Morgan fingerprint density at radius 3 is 1.67 bits per heavy atom. The van der Waals surface area contributed by atoms with Crippen LogP contribution in [0.5, 0.6) is 0 Å². The average molecular weight is 655 g/mol. The molecule has 0 atom stereocenters. The van der Waals surface area contributed by atoms with E-state index in [1.165, 1.54) is 5.56 Å². The van der Waals surface area contributed by atoms with E-state index in [1.807, 2.05) is 85.2 Å². The van der Waals surface area contributed by atoms with Crippen LogP contribution in [0.1, 0.15) is 0 Å². The van der Waals surface area contributed by atoms with Crippen LogP contribution >= 0.6 is 0 Å². The number of hydrogen-bond acceptors (Lipinski definition) is 5. The minimum absolute atomic E-state index is 0.673. The van der Waals surface area contributed by atoms with E-state index in [0.717, 1.165) is 73.0 Å². The van der Waals surface area contributed by atoms with Gasteiger partial charge in [-0.05, 0) is 53.6 Å². The van der Waals surface area contributed by atoms with Gasteiger partial charge in [0, 0.05) is 40.2 Å². The number of aromatic nitrogens is 6. The van der Waals surface area contributed by atoms with Gasteiger partial charge >= 0.3 is 0 Å². The highest BCUT2D eigenvalue weighted by Gasteiger charge is 2.15. The summed E-state index contributed by atoms with van der Waals surface area (Å²) < 4.78 is 2.15. The van der Waals surface area contributed by atoms with Gasteiger partial charge in [0.15, 0.2) is 5.82 Å². The van der Waals surface area contributed by atoms with Gasteiger partial charge in [-0.15, -0.1) is 0 Å². The topological polar surface area (TPSA) is 69.4 Å². The average Bonchev–Trinajstić information content (AvgIpc) is 3.62. The SMILES string of the molecule is c1ccc(-c2ccc(-c3cc(-c4ccc(-c5ccc(-c6nc7ccccc7n6-c6cccnc6)cc5)nc4)nc(-c4ccccc4)n3)cc2)cc1. The van der Waals surface area contributed by atoms with Crippen LogP contribution in [0, 0.1) is 0 Å². The molecule has 4 heterocycles. The second kappa shape index (κ2) is 13.1. The van der Waals surface area contributed by atoms with Gasteiger partial charge in [0.1, 0.15) is 5.82 Å². The molecule has 240 valence electrons. The molecule has 9 aromatic rings. The fraction of sp³-hybridized carbons (Fsp3) is 0. The maximum atomic E-state index is 5.00. The Bertz CT molecular complexity index is 2580. The largest absolute Gasteiger partial charge is 0.291 e. The molecule has 0 fully saturated rings. The van der Waals surface area contributed by atoms with E-state index in [-0.39, 0.29) is 0 Å². The van der Waals surface area contributed by atoms with Crippen molar-refractivity contribution >= 4 is 11.0 Å². The van der Waals surface area contributed by atoms with Crippen molar-refractivity contribution in [3.8, 4) is 73.4 Å². The van der Waals surface area contributed by atoms with Gasteiger partial charge in [-0.2, -0.15) is 0 Å². The van der Waals surface area contributed by atoms with Gasteiger partial charge in [0.05, 0.1) is 40.0 Å². The molecule has 0 unspecified atom stereocenters. The number of rotatable bonds is 7. The number of benzene rings is 5. The number of hydrogen-bond donors (Lipinski definition) is 0. The predicted molar refractivity (Wildman–Crippen MR) is 205 cm³/mol. The molecule has 0 bridgehead atoms. The second-order valence-electron chi connectivity index (χ2n) is 12.3. The van der Waals surface area contributed by atoms with E-state index in [2.05, 4.69) is 101 Å². The van der Waals surface area contributed by atoms with Crippen LogP contribution in [0.25, 0.3) is 84.4 Å². The van der Waals surface area contributed by atoms with Crippen LogP contribution in [-0.2, 0) is 0 Å². The molecule has 0 spiro atoms. The third-order valence-corrected chi connectivity index (χ3v) is 9.01. The summed E-state index contributed by atoms with van der Waals surface area (Å²) in [6.07, 6.45) is 5.54. The molecule has 4 aromatic heterocycles. The summed E-state index contributed by atoms with van der Waals surface area (Å²) in [4.78, 5) is 24.2. The molecule has 0 saturated carbocycles. The Hall–Kier alpha value is -7.05. The smallest absolute Gasteiger partial charge is 0.160 e. The van der Waals surface area contributed by atoms with Crippen molar-refractivity contribution in [1.29, 1.82) is 0 Å². The summed E-state index contributed by atoms with van der Waals surface area (Å²) in [5.41, 5.74) is 12.8. The molecule has 0 aliphatic rings. The van der Waals surface area contributed by atoms with Crippen molar-refractivity contribution in [2.45, 2.75) is 0 Å². The Morgan fingerprint density at radius 1 is 0.392 bits per heavy atom. The number of pyridine rings is 2. The highest BCUT2D eigenvalue weighted by Crippen LogP contribution is 2.32. The number of nitrogens with zero attached hydrogens (tertiary/aromatic N) is 6. The first-order valence-electron chi connectivity index (χ1n) is 16.8. The second-order valence-corrected chi connectivity index (χ2v) is 12.3. The Kier molecular flexibility index (Phi) is 7.72. The fourth-order valence-corrected chi connectivity index (χ4v) is 6.40. The van der Waals surface area contributed by atoms with Crippen LogP contribution < -0.4 is 0 Å². The molecular formula is C45H30N6. The molecule has 0 aliphatic carbocycles. The summed E-state index contributed by atoms with van der Waals surface area (Å²) in [6, 6.07) is 55.8.